The quantitative estimate of drug-likeness (QED) is 0.806. The van der Waals surface area contributed by atoms with Crippen molar-refractivity contribution in [3.8, 4) is 11.5 Å². The van der Waals surface area contributed by atoms with E-state index in [0.717, 1.165) is 0 Å². The maximum absolute atomic E-state index is 11.8. The molecule has 0 spiro atoms. The first-order valence-electron chi connectivity index (χ1n) is 5.52. The second-order valence-electron chi connectivity index (χ2n) is 3.92. The highest BCUT2D eigenvalue weighted by Gasteiger charge is 2.15. The van der Waals surface area contributed by atoms with Crippen molar-refractivity contribution in [1.82, 2.24) is 5.32 Å². The molecule has 17 heavy (non-hydrogen) atoms. The highest BCUT2D eigenvalue weighted by atomic mass is 16.6. The lowest BCUT2D eigenvalue weighted by Crippen LogP contribution is -2.35. The van der Waals surface area contributed by atoms with Gasteiger partial charge in [0, 0.05) is 11.6 Å². The van der Waals surface area contributed by atoms with Gasteiger partial charge in [0.05, 0.1) is 6.61 Å². The average Bonchev–Trinajstić information content (AvgIpc) is 2.38. The Balaban J connectivity index is 2.13. The smallest absolute Gasteiger partial charge is 0.251 e. The Bertz CT molecular complexity index is 419. The lowest BCUT2D eigenvalue weighted by atomic mass is 10.1. The molecule has 1 aliphatic rings. The van der Waals surface area contributed by atoms with E-state index in [4.69, 9.17) is 14.6 Å². The topological polar surface area (TPSA) is 67.8 Å². The van der Waals surface area contributed by atoms with Gasteiger partial charge in [-0.05, 0) is 25.1 Å². The summed E-state index contributed by atoms with van der Waals surface area (Å²) >= 11 is 0. The van der Waals surface area contributed by atoms with Gasteiger partial charge < -0.3 is 19.9 Å². The normalized spacial score (nSPS) is 15.2. The Kier molecular flexibility index (Phi) is 3.49. The number of carbonyl (C=O) groups is 1. The van der Waals surface area contributed by atoms with Crippen molar-refractivity contribution in [3.63, 3.8) is 0 Å². The van der Waals surface area contributed by atoms with Crippen molar-refractivity contribution in [3.05, 3.63) is 23.8 Å². The minimum Gasteiger partial charge on any atom is -0.486 e. The molecule has 92 valence electrons. The first-order chi connectivity index (χ1) is 8.20. The van der Waals surface area contributed by atoms with Crippen LogP contribution in [0.3, 0.4) is 0 Å². The average molecular weight is 237 g/mol. The fourth-order valence-electron chi connectivity index (χ4n) is 1.54. The second-order valence-corrected chi connectivity index (χ2v) is 3.92. The van der Waals surface area contributed by atoms with E-state index in [0.29, 0.717) is 30.3 Å². The van der Waals surface area contributed by atoms with Crippen molar-refractivity contribution in [2.24, 2.45) is 0 Å². The maximum atomic E-state index is 11.8. The van der Waals surface area contributed by atoms with E-state index < -0.39 is 0 Å². The van der Waals surface area contributed by atoms with Crippen LogP contribution in [0.1, 0.15) is 17.3 Å². The molecule has 1 amide bonds. The maximum Gasteiger partial charge on any atom is 0.251 e. The highest BCUT2D eigenvalue weighted by Crippen LogP contribution is 2.30. The summed E-state index contributed by atoms with van der Waals surface area (Å²) < 4.78 is 10.8. The lowest BCUT2D eigenvalue weighted by molar-refractivity contribution is 0.0921. The molecule has 1 atom stereocenters. The molecule has 2 rings (SSSR count). The highest BCUT2D eigenvalue weighted by molar-refractivity contribution is 5.95. The van der Waals surface area contributed by atoms with Crippen molar-refractivity contribution in [2.45, 2.75) is 13.0 Å². The summed E-state index contributed by atoms with van der Waals surface area (Å²) in [5, 5.41) is 11.5. The summed E-state index contributed by atoms with van der Waals surface area (Å²) in [5.41, 5.74) is 0.495. The van der Waals surface area contributed by atoms with E-state index in [1.165, 1.54) is 0 Å². The molecule has 5 nitrogen and oxygen atoms in total. The van der Waals surface area contributed by atoms with Crippen molar-refractivity contribution in [2.75, 3.05) is 19.8 Å². The van der Waals surface area contributed by atoms with E-state index in [1.54, 1.807) is 25.1 Å². The molecule has 1 aliphatic heterocycles. The van der Waals surface area contributed by atoms with Crippen LogP contribution in [0.25, 0.3) is 0 Å². The van der Waals surface area contributed by atoms with E-state index in [9.17, 15) is 4.79 Å². The molecule has 1 aromatic rings. The molecule has 0 saturated heterocycles. The fourth-order valence-corrected chi connectivity index (χ4v) is 1.54. The number of fused-ring (bicyclic) bond motifs is 1. The van der Waals surface area contributed by atoms with Crippen LogP contribution in [0.5, 0.6) is 11.5 Å². The molecule has 0 saturated carbocycles. The Labute approximate surface area is 99.3 Å². The number of ether oxygens (including phenoxy) is 2. The minimum atomic E-state index is -0.268. The molecule has 5 heteroatoms. The molecule has 0 radical (unpaired) electrons. The number of nitrogens with one attached hydrogen (secondary N) is 1. The van der Waals surface area contributed by atoms with Crippen LogP contribution in [0, 0.1) is 0 Å². The molecule has 0 bridgehead atoms. The molecule has 1 aromatic carbocycles. The predicted octanol–water partition coefficient (Wildman–Crippen LogP) is 0.568. The third-order valence-electron chi connectivity index (χ3n) is 2.46. The zero-order valence-electron chi connectivity index (χ0n) is 9.60. The predicted molar refractivity (Wildman–Crippen MR) is 61.4 cm³/mol. The monoisotopic (exact) mass is 237 g/mol. The number of rotatable bonds is 3. The zero-order chi connectivity index (χ0) is 12.3. The summed E-state index contributed by atoms with van der Waals surface area (Å²) in [7, 11) is 0. The summed E-state index contributed by atoms with van der Waals surface area (Å²) in [6, 6.07) is 4.77. The number of amides is 1. The molecule has 2 N–H and O–H groups in total. The lowest BCUT2D eigenvalue weighted by Gasteiger charge is -2.19. The number of benzene rings is 1. The molecule has 0 fully saturated rings. The van der Waals surface area contributed by atoms with Crippen molar-refractivity contribution in [1.29, 1.82) is 0 Å². The van der Waals surface area contributed by atoms with E-state index in [-0.39, 0.29) is 18.6 Å². The van der Waals surface area contributed by atoms with Crippen LogP contribution in [0.15, 0.2) is 18.2 Å². The Morgan fingerprint density at radius 1 is 1.41 bits per heavy atom. The number of aliphatic hydroxyl groups excluding tert-OH is 1. The molecule has 0 aromatic heterocycles. The largest absolute Gasteiger partial charge is 0.486 e. The van der Waals surface area contributed by atoms with Gasteiger partial charge in [-0.2, -0.15) is 0 Å². The number of hydrogen-bond donors (Lipinski definition) is 2. The van der Waals surface area contributed by atoms with Gasteiger partial charge in [0.15, 0.2) is 11.5 Å². The molecule has 1 heterocycles. The van der Waals surface area contributed by atoms with Crippen molar-refractivity contribution >= 4 is 5.91 Å². The summed E-state index contributed by atoms with van der Waals surface area (Å²) in [5.74, 6) is 1.01. The SMILES string of the molecule is C[C@@H](CO)NC(=O)c1ccc2c(c1)OCCO2. The van der Waals surface area contributed by atoms with Crippen LogP contribution in [0.2, 0.25) is 0 Å². The van der Waals surface area contributed by atoms with Crippen LogP contribution < -0.4 is 14.8 Å². The van der Waals surface area contributed by atoms with Gasteiger partial charge in [-0.1, -0.05) is 0 Å². The van der Waals surface area contributed by atoms with Crippen molar-refractivity contribution < 1.29 is 19.4 Å². The van der Waals surface area contributed by atoms with Crippen LogP contribution in [-0.2, 0) is 0 Å². The Hall–Kier alpha value is -1.75. The first-order valence-corrected chi connectivity index (χ1v) is 5.52. The molecular weight excluding hydrogens is 222 g/mol. The number of hydrogen-bond acceptors (Lipinski definition) is 4. The van der Waals surface area contributed by atoms with Gasteiger partial charge >= 0.3 is 0 Å². The number of aliphatic hydroxyl groups is 1. The van der Waals surface area contributed by atoms with Gasteiger partial charge in [0.2, 0.25) is 0 Å². The Morgan fingerprint density at radius 3 is 2.82 bits per heavy atom. The van der Waals surface area contributed by atoms with Gasteiger partial charge in [0.25, 0.3) is 5.91 Å². The van der Waals surface area contributed by atoms with Crippen LogP contribution in [0.4, 0.5) is 0 Å². The summed E-state index contributed by atoms with van der Waals surface area (Å²) in [6.45, 7) is 2.66. The van der Waals surface area contributed by atoms with E-state index in [2.05, 4.69) is 5.32 Å². The number of carbonyl (C=O) groups excluding carboxylic acids is 1. The van der Waals surface area contributed by atoms with E-state index >= 15 is 0 Å². The fraction of sp³-hybridized carbons (Fsp3) is 0.417. The molecular formula is C12H15NO4. The van der Waals surface area contributed by atoms with Gasteiger partial charge in [0.1, 0.15) is 13.2 Å². The van der Waals surface area contributed by atoms with E-state index in [1.807, 2.05) is 0 Å². The third kappa shape index (κ3) is 2.68. The molecule has 0 unspecified atom stereocenters. The van der Waals surface area contributed by atoms with Gasteiger partial charge in [-0.25, -0.2) is 0 Å². The Morgan fingerprint density at radius 2 is 2.12 bits per heavy atom. The first kappa shape index (κ1) is 11.7. The third-order valence-corrected chi connectivity index (χ3v) is 2.46. The minimum absolute atomic E-state index is 0.0870. The standard InChI is InChI=1S/C12H15NO4/c1-8(7-14)13-12(15)9-2-3-10-11(6-9)17-5-4-16-10/h2-3,6,8,14H,4-5,7H2,1H3,(H,13,15)/t8-/m0/s1. The summed E-state index contributed by atoms with van der Waals surface area (Å²) in [4.78, 5) is 11.8. The van der Waals surface area contributed by atoms with Crippen LogP contribution in [-0.4, -0.2) is 36.9 Å². The second kappa shape index (κ2) is 5.05. The summed E-state index contributed by atoms with van der Waals surface area (Å²) in [6.07, 6.45) is 0. The van der Waals surface area contributed by atoms with Crippen LogP contribution >= 0.6 is 0 Å². The zero-order valence-corrected chi connectivity index (χ0v) is 9.60. The van der Waals surface area contributed by atoms with Gasteiger partial charge in [-0.3, -0.25) is 4.79 Å². The van der Waals surface area contributed by atoms with Gasteiger partial charge in [-0.15, -0.1) is 0 Å². The molecule has 0 aliphatic carbocycles.